The minimum atomic E-state index is 0. The van der Waals surface area contributed by atoms with E-state index in [4.69, 9.17) is 0 Å². The van der Waals surface area contributed by atoms with Gasteiger partial charge in [0.2, 0.25) is 0 Å². The van der Waals surface area contributed by atoms with Crippen molar-refractivity contribution in [3.05, 3.63) is 36.0 Å². The van der Waals surface area contributed by atoms with Gasteiger partial charge in [0.25, 0.3) is 0 Å². The van der Waals surface area contributed by atoms with Crippen LogP contribution in [0, 0.1) is 11.8 Å². The van der Waals surface area contributed by atoms with Crippen molar-refractivity contribution in [1.82, 2.24) is 0 Å². The van der Waals surface area contributed by atoms with Crippen molar-refractivity contribution in [2.45, 2.75) is 55.9 Å². The van der Waals surface area contributed by atoms with Crippen LogP contribution in [0.25, 0.3) is 0 Å². The van der Waals surface area contributed by atoms with Gasteiger partial charge in [-0.05, 0) is 24.3 Å². The summed E-state index contributed by atoms with van der Waals surface area (Å²) in [6, 6.07) is 0. The lowest BCUT2D eigenvalue weighted by molar-refractivity contribution is 0.749. The Bertz CT molecular complexity index is 214. The number of rotatable bonds is 4. The van der Waals surface area contributed by atoms with E-state index in [0.29, 0.717) is 11.8 Å². The van der Waals surface area contributed by atoms with Gasteiger partial charge in [0.05, 0.1) is 0 Å². The molecule has 0 atom stereocenters. The molecule has 0 spiro atoms. The van der Waals surface area contributed by atoms with Crippen LogP contribution in [0.3, 0.4) is 0 Å². The molecule has 0 saturated carbocycles. The van der Waals surface area contributed by atoms with Gasteiger partial charge in [0.15, 0.2) is 0 Å². The molecule has 0 unspecified atom stereocenters. The molecule has 96 valence electrons. The van der Waals surface area contributed by atoms with Gasteiger partial charge in [-0.1, -0.05) is 79.3 Å². The van der Waals surface area contributed by atoms with E-state index in [9.17, 15) is 0 Å². The molecule has 0 bridgehead atoms. The van der Waals surface area contributed by atoms with E-state index in [0.717, 1.165) is 0 Å². The fourth-order valence-electron chi connectivity index (χ4n) is 0.973. The van der Waals surface area contributed by atoms with E-state index in [1.807, 2.05) is 19.9 Å². The summed E-state index contributed by atoms with van der Waals surface area (Å²) >= 11 is 0. The first-order chi connectivity index (χ1) is 6.99. The van der Waals surface area contributed by atoms with Gasteiger partial charge in [-0.15, -0.1) is 0 Å². The third kappa shape index (κ3) is 9.76. The fourth-order valence-corrected chi connectivity index (χ4v) is 0.973. The molecular weight excluding hydrogens is 192 g/mol. The van der Waals surface area contributed by atoms with Crippen LogP contribution >= 0.6 is 0 Å². The average Bonchev–Trinajstić information content (AvgIpc) is 2.19. The van der Waals surface area contributed by atoms with Gasteiger partial charge >= 0.3 is 0 Å². The van der Waals surface area contributed by atoms with Crippen LogP contribution in [-0.4, -0.2) is 0 Å². The Balaban J connectivity index is -0.000000529. The molecule has 0 saturated heterocycles. The lowest BCUT2D eigenvalue weighted by Gasteiger charge is -2.10. The second-order valence-corrected chi connectivity index (χ2v) is 4.10. The summed E-state index contributed by atoms with van der Waals surface area (Å²) < 4.78 is 0. The molecule has 0 amide bonds. The summed E-state index contributed by atoms with van der Waals surface area (Å²) in [5.74, 6) is 1.21. The average molecular weight is 224 g/mol. The van der Waals surface area contributed by atoms with Crippen molar-refractivity contribution in [3.63, 3.8) is 0 Å². The maximum atomic E-state index is 3.73. The first-order valence-electron chi connectivity index (χ1n) is 5.99. The summed E-state index contributed by atoms with van der Waals surface area (Å²) in [5.41, 5.74) is 2.79. The molecule has 0 aromatic heterocycles. The van der Waals surface area contributed by atoms with Gasteiger partial charge in [-0.2, -0.15) is 0 Å². The molecule has 0 fully saturated rings. The van der Waals surface area contributed by atoms with Gasteiger partial charge < -0.3 is 0 Å². The summed E-state index contributed by atoms with van der Waals surface area (Å²) in [6.07, 6.45) is 6.23. The van der Waals surface area contributed by atoms with E-state index < -0.39 is 0 Å². The fraction of sp³-hybridized carbons (Fsp3) is 0.625. The van der Waals surface area contributed by atoms with Crippen LogP contribution in [0.4, 0.5) is 0 Å². The Morgan fingerprint density at radius 2 is 1.44 bits per heavy atom. The molecule has 16 heavy (non-hydrogen) atoms. The molecule has 0 heterocycles. The normalized spacial score (nSPS) is 11.8. The highest BCUT2D eigenvalue weighted by atomic mass is 14.1. The first kappa shape index (κ1) is 20.6. The predicted molar refractivity (Wildman–Crippen MR) is 79.8 cm³/mol. The summed E-state index contributed by atoms with van der Waals surface area (Å²) in [5, 5.41) is 0. The maximum absolute atomic E-state index is 3.73. The zero-order valence-corrected chi connectivity index (χ0v) is 11.6. The minimum Gasteiger partial charge on any atom is -0.0991 e. The van der Waals surface area contributed by atoms with Crippen LogP contribution in [0.5, 0.6) is 0 Å². The first-order valence-corrected chi connectivity index (χ1v) is 5.99. The summed E-state index contributed by atoms with van der Waals surface area (Å²) in [4.78, 5) is 0. The molecule has 0 rings (SSSR count). The van der Waals surface area contributed by atoms with Crippen LogP contribution in [0.15, 0.2) is 36.0 Å². The Morgan fingerprint density at radius 3 is 1.69 bits per heavy atom. The Hall–Kier alpha value is -0.780. The van der Waals surface area contributed by atoms with E-state index in [2.05, 4.69) is 53.3 Å². The van der Waals surface area contributed by atoms with Crippen molar-refractivity contribution in [2.24, 2.45) is 11.8 Å². The van der Waals surface area contributed by atoms with Crippen molar-refractivity contribution in [2.75, 3.05) is 0 Å². The van der Waals surface area contributed by atoms with Crippen LogP contribution in [0.1, 0.15) is 55.9 Å². The standard InChI is InChI=1S/C13H22.C2H6.CH4/c1-7-8-13(11(4)5)9-12(6)10(2)3;1-2;/h7-11H,1H2,2-6H3;1-2H3;1H4/b12-9+,13-8+;;. The van der Waals surface area contributed by atoms with Gasteiger partial charge in [-0.3, -0.25) is 0 Å². The van der Waals surface area contributed by atoms with Crippen LogP contribution in [-0.2, 0) is 0 Å². The monoisotopic (exact) mass is 224 g/mol. The van der Waals surface area contributed by atoms with Crippen molar-refractivity contribution < 1.29 is 0 Å². The molecule has 0 aliphatic heterocycles. The van der Waals surface area contributed by atoms with Crippen molar-refractivity contribution in [1.29, 1.82) is 0 Å². The molecule has 0 heteroatoms. The SMILES string of the molecule is C.C=C/C=C(\C=C(/C)C(C)C)C(C)C.CC. The second kappa shape index (κ2) is 12.3. The topological polar surface area (TPSA) is 0 Å². The predicted octanol–water partition coefficient (Wildman–Crippen LogP) is 6.02. The molecule has 0 aromatic rings. The van der Waals surface area contributed by atoms with Gasteiger partial charge in [0, 0.05) is 0 Å². The summed E-state index contributed by atoms with van der Waals surface area (Å²) in [7, 11) is 0. The van der Waals surface area contributed by atoms with E-state index in [-0.39, 0.29) is 7.43 Å². The van der Waals surface area contributed by atoms with Crippen LogP contribution in [0.2, 0.25) is 0 Å². The van der Waals surface area contributed by atoms with E-state index in [1.54, 1.807) is 0 Å². The molecule has 0 nitrogen and oxygen atoms in total. The Kier molecular flexibility index (Phi) is 15.8. The minimum absolute atomic E-state index is 0. The van der Waals surface area contributed by atoms with E-state index >= 15 is 0 Å². The highest BCUT2D eigenvalue weighted by Gasteiger charge is 2.01. The molecule has 0 aliphatic carbocycles. The summed E-state index contributed by atoms with van der Waals surface area (Å²) in [6.45, 7) is 18.8. The molecule has 0 aliphatic rings. The third-order valence-electron chi connectivity index (χ3n) is 2.28. The highest BCUT2D eigenvalue weighted by molar-refractivity contribution is 5.28. The quantitative estimate of drug-likeness (QED) is 0.512. The molecule has 0 N–H and O–H groups in total. The Morgan fingerprint density at radius 1 is 1.00 bits per heavy atom. The smallest absolute Gasteiger partial charge is 0.0219 e. The zero-order chi connectivity index (χ0) is 12.4. The zero-order valence-electron chi connectivity index (χ0n) is 11.6. The molecular formula is C16H32. The highest BCUT2D eigenvalue weighted by Crippen LogP contribution is 2.17. The third-order valence-corrected chi connectivity index (χ3v) is 2.28. The lowest BCUT2D eigenvalue weighted by Crippen LogP contribution is -1.95. The molecule has 0 aromatic carbocycles. The number of hydrogen-bond acceptors (Lipinski definition) is 0. The maximum Gasteiger partial charge on any atom is -0.0219 e. The largest absolute Gasteiger partial charge is 0.0991 e. The molecule has 0 radical (unpaired) electrons. The second-order valence-electron chi connectivity index (χ2n) is 4.10. The van der Waals surface area contributed by atoms with Crippen molar-refractivity contribution >= 4 is 0 Å². The van der Waals surface area contributed by atoms with E-state index in [1.165, 1.54) is 11.1 Å². The lowest BCUT2D eigenvalue weighted by atomic mass is 9.96. The Labute approximate surface area is 104 Å². The van der Waals surface area contributed by atoms with Crippen molar-refractivity contribution in [3.8, 4) is 0 Å². The number of allylic oxidation sites excluding steroid dienone is 5. The van der Waals surface area contributed by atoms with Crippen LogP contribution < -0.4 is 0 Å². The number of hydrogen-bond donors (Lipinski definition) is 0. The van der Waals surface area contributed by atoms with Gasteiger partial charge in [-0.25, -0.2) is 0 Å². The van der Waals surface area contributed by atoms with Gasteiger partial charge in [0.1, 0.15) is 0 Å².